The van der Waals surface area contributed by atoms with E-state index in [4.69, 9.17) is 4.74 Å². The lowest BCUT2D eigenvalue weighted by Crippen LogP contribution is -2.40. The number of ketones is 1. The predicted octanol–water partition coefficient (Wildman–Crippen LogP) is 0.664. The molecule has 1 rings (SSSR count). The minimum atomic E-state index is -0.388. The van der Waals surface area contributed by atoms with Crippen molar-refractivity contribution in [3.8, 4) is 0 Å². The molecule has 0 atom stereocenters. The van der Waals surface area contributed by atoms with Crippen LogP contribution in [0.25, 0.3) is 0 Å². The number of ether oxygens (including phenoxy) is 1. The molecule has 0 unspecified atom stereocenters. The van der Waals surface area contributed by atoms with Crippen molar-refractivity contribution in [3.05, 3.63) is 0 Å². The fourth-order valence-corrected chi connectivity index (χ4v) is 2.23. The van der Waals surface area contributed by atoms with Crippen molar-refractivity contribution in [1.82, 2.24) is 10.2 Å². The number of rotatable bonds is 9. The van der Waals surface area contributed by atoms with Gasteiger partial charge in [0.05, 0.1) is 13.2 Å². The second-order valence-corrected chi connectivity index (χ2v) is 6.86. The lowest BCUT2D eigenvalue weighted by molar-refractivity contribution is -0.142. The van der Waals surface area contributed by atoms with E-state index in [0.29, 0.717) is 19.4 Å². The zero-order chi connectivity index (χ0) is 17.5. The number of nitrogens with one attached hydrogen (secondary N) is 1. The molecule has 3 amide bonds. The fourth-order valence-electron chi connectivity index (χ4n) is 2.23. The van der Waals surface area contributed by atoms with Gasteiger partial charge < -0.3 is 10.1 Å². The monoisotopic (exact) mass is 326 g/mol. The Hall–Kier alpha value is -1.76. The zero-order valence-electron chi connectivity index (χ0n) is 14.1. The van der Waals surface area contributed by atoms with Crippen molar-refractivity contribution in [3.63, 3.8) is 0 Å². The van der Waals surface area contributed by atoms with E-state index in [-0.39, 0.29) is 61.5 Å². The van der Waals surface area contributed by atoms with Crippen LogP contribution in [0.2, 0.25) is 0 Å². The Morgan fingerprint density at radius 2 is 1.74 bits per heavy atom. The van der Waals surface area contributed by atoms with Crippen LogP contribution in [0.15, 0.2) is 0 Å². The first kappa shape index (κ1) is 19.3. The highest BCUT2D eigenvalue weighted by molar-refractivity contribution is 6.04. The molecule has 0 aromatic carbocycles. The number of Topliss-reactive ketones (excluding diaryl/α,β-unsaturated/α-hetero) is 1. The third-order valence-corrected chi connectivity index (χ3v) is 3.28. The Morgan fingerprint density at radius 1 is 1.13 bits per heavy atom. The highest BCUT2D eigenvalue weighted by atomic mass is 16.5. The molecule has 0 aliphatic carbocycles. The van der Waals surface area contributed by atoms with Crippen molar-refractivity contribution >= 4 is 23.5 Å². The van der Waals surface area contributed by atoms with Crippen molar-refractivity contribution in [1.29, 1.82) is 0 Å². The lowest BCUT2D eigenvalue weighted by Gasteiger charge is -2.16. The smallest absolute Gasteiger partial charge is 0.240 e. The summed E-state index contributed by atoms with van der Waals surface area (Å²) in [6.45, 7) is 6.69. The maximum atomic E-state index is 11.6. The molecular formula is C16H26N2O5. The number of hydrogen-bond donors (Lipinski definition) is 1. The molecule has 1 N–H and O–H groups in total. The number of carbonyl (C=O) groups excluding carboxylic acids is 4. The number of likely N-dealkylation sites (tertiary alicyclic amines) is 1. The topological polar surface area (TPSA) is 92.8 Å². The van der Waals surface area contributed by atoms with Gasteiger partial charge >= 0.3 is 0 Å². The normalized spacial score (nSPS) is 15.2. The molecule has 1 heterocycles. The van der Waals surface area contributed by atoms with E-state index < -0.39 is 0 Å². The van der Waals surface area contributed by atoms with Crippen molar-refractivity contribution < 1.29 is 23.9 Å². The maximum Gasteiger partial charge on any atom is 0.240 e. The van der Waals surface area contributed by atoms with Crippen LogP contribution in [-0.2, 0) is 23.9 Å². The Balaban J connectivity index is 2.06. The van der Waals surface area contributed by atoms with Gasteiger partial charge in [-0.2, -0.15) is 0 Å². The summed E-state index contributed by atoms with van der Waals surface area (Å²) in [6, 6.07) is 0. The molecule has 7 nitrogen and oxygen atoms in total. The molecule has 23 heavy (non-hydrogen) atoms. The van der Waals surface area contributed by atoms with Gasteiger partial charge in [0.1, 0.15) is 12.3 Å². The van der Waals surface area contributed by atoms with E-state index in [1.165, 1.54) is 0 Å². The number of imide groups is 1. The van der Waals surface area contributed by atoms with Crippen LogP contribution >= 0.6 is 0 Å². The van der Waals surface area contributed by atoms with Gasteiger partial charge in [0.25, 0.3) is 0 Å². The van der Waals surface area contributed by atoms with Crippen LogP contribution in [0.1, 0.15) is 46.5 Å². The van der Waals surface area contributed by atoms with E-state index in [9.17, 15) is 19.2 Å². The van der Waals surface area contributed by atoms with E-state index in [1.54, 1.807) is 0 Å². The van der Waals surface area contributed by atoms with Crippen molar-refractivity contribution in [2.45, 2.75) is 46.5 Å². The Kier molecular flexibility index (Phi) is 7.35. The van der Waals surface area contributed by atoms with Gasteiger partial charge in [0.2, 0.25) is 17.7 Å². The molecule has 0 bridgehead atoms. The number of hydrogen-bond acceptors (Lipinski definition) is 5. The first-order valence-electron chi connectivity index (χ1n) is 7.88. The van der Waals surface area contributed by atoms with Gasteiger partial charge in [-0.25, -0.2) is 0 Å². The second-order valence-electron chi connectivity index (χ2n) is 6.86. The average molecular weight is 326 g/mol. The summed E-state index contributed by atoms with van der Waals surface area (Å²) in [6.07, 6.45) is 1.24. The van der Waals surface area contributed by atoms with Crippen LogP contribution in [0.4, 0.5) is 0 Å². The summed E-state index contributed by atoms with van der Waals surface area (Å²) in [7, 11) is 0. The molecular weight excluding hydrogens is 300 g/mol. The Morgan fingerprint density at radius 3 is 2.30 bits per heavy atom. The van der Waals surface area contributed by atoms with E-state index in [0.717, 1.165) is 4.90 Å². The first-order chi connectivity index (χ1) is 10.7. The van der Waals surface area contributed by atoms with E-state index in [2.05, 4.69) is 5.32 Å². The molecule has 0 saturated carbocycles. The van der Waals surface area contributed by atoms with E-state index >= 15 is 0 Å². The standard InChI is InChI=1S/C16H26N2O5/c1-16(2,3)10-12(19)6-8-23-9-7-17-13(20)11-18-14(21)4-5-15(18)22/h4-11H2,1-3H3,(H,17,20). The Labute approximate surface area is 136 Å². The van der Waals surface area contributed by atoms with Crippen molar-refractivity contribution in [2.75, 3.05) is 26.3 Å². The lowest BCUT2D eigenvalue weighted by atomic mass is 9.89. The van der Waals surface area contributed by atoms with Crippen LogP contribution in [-0.4, -0.2) is 54.7 Å². The predicted molar refractivity (Wildman–Crippen MR) is 83.5 cm³/mol. The summed E-state index contributed by atoms with van der Waals surface area (Å²) in [5.74, 6) is -0.842. The molecule has 0 spiro atoms. The molecule has 0 aromatic heterocycles. The van der Waals surface area contributed by atoms with Crippen LogP contribution in [0.3, 0.4) is 0 Å². The number of nitrogens with zero attached hydrogens (tertiary/aromatic N) is 1. The Bertz CT molecular complexity index is 452. The minimum Gasteiger partial charge on any atom is -0.379 e. The molecule has 1 fully saturated rings. The largest absolute Gasteiger partial charge is 0.379 e. The highest BCUT2D eigenvalue weighted by Gasteiger charge is 2.30. The summed E-state index contributed by atoms with van der Waals surface area (Å²) in [4.78, 5) is 47.0. The summed E-state index contributed by atoms with van der Waals surface area (Å²) in [5.41, 5.74) is -0.0184. The quantitative estimate of drug-likeness (QED) is 0.496. The first-order valence-corrected chi connectivity index (χ1v) is 7.88. The molecule has 0 radical (unpaired) electrons. The number of carbonyl (C=O) groups is 4. The molecule has 1 aliphatic heterocycles. The third kappa shape index (κ3) is 7.88. The van der Waals surface area contributed by atoms with Gasteiger partial charge in [0, 0.05) is 32.2 Å². The molecule has 7 heteroatoms. The van der Waals surface area contributed by atoms with Gasteiger partial charge in [-0.15, -0.1) is 0 Å². The SMILES string of the molecule is CC(C)(C)CC(=O)CCOCCNC(=O)CN1C(=O)CCC1=O. The zero-order valence-corrected chi connectivity index (χ0v) is 14.1. The number of amides is 3. The minimum absolute atomic E-state index is 0.0184. The maximum absolute atomic E-state index is 11.6. The summed E-state index contributed by atoms with van der Waals surface area (Å²) in [5, 5.41) is 2.58. The highest BCUT2D eigenvalue weighted by Crippen LogP contribution is 2.19. The van der Waals surface area contributed by atoms with Crippen LogP contribution in [0, 0.1) is 5.41 Å². The molecule has 1 aliphatic rings. The van der Waals surface area contributed by atoms with Gasteiger partial charge in [0.15, 0.2) is 0 Å². The van der Waals surface area contributed by atoms with Crippen LogP contribution in [0.5, 0.6) is 0 Å². The van der Waals surface area contributed by atoms with Gasteiger partial charge in [-0.05, 0) is 5.41 Å². The molecule has 0 aromatic rings. The molecule has 130 valence electrons. The van der Waals surface area contributed by atoms with E-state index in [1.807, 2.05) is 20.8 Å². The van der Waals surface area contributed by atoms with Crippen LogP contribution < -0.4 is 5.32 Å². The summed E-state index contributed by atoms with van der Waals surface area (Å²) < 4.78 is 5.30. The van der Waals surface area contributed by atoms with Gasteiger partial charge in [-0.3, -0.25) is 24.1 Å². The third-order valence-electron chi connectivity index (χ3n) is 3.28. The van der Waals surface area contributed by atoms with Crippen molar-refractivity contribution in [2.24, 2.45) is 5.41 Å². The van der Waals surface area contributed by atoms with Gasteiger partial charge in [-0.1, -0.05) is 20.8 Å². The second kappa shape index (κ2) is 8.76. The average Bonchev–Trinajstić information content (AvgIpc) is 2.72. The molecule has 1 saturated heterocycles. The summed E-state index contributed by atoms with van der Waals surface area (Å²) >= 11 is 0. The fraction of sp³-hybridized carbons (Fsp3) is 0.750.